The Morgan fingerprint density at radius 3 is 2.19 bits per heavy atom. The molecule has 1 aliphatic rings. The van der Waals surface area contributed by atoms with Crippen LogP contribution in [0.2, 0.25) is 0 Å². The summed E-state index contributed by atoms with van der Waals surface area (Å²) in [6, 6.07) is 11.9. The van der Waals surface area contributed by atoms with Crippen LogP contribution in [-0.4, -0.2) is 16.0 Å². The highest BCUT2D eigenvalue weighted by Gasteiger charge is 2.35. The number of alkyl halides is 3. The maximum atomic E-state index is 12.6. The van der Waals surface area contributed by atoms with Gasteiger partial charge in [0.15, 0.2) is 0 Å². The summed E-state index contributed by atoms with van der Waals surface area (Å²) in [6.45, 7) is 2.10. The largest absolute Gasteiger partial charge is 0.416 e. The smallest absolute Gasteiger partial charge is 0.268 e. The molecule has 0 aliphatic carbocycles. The number of rotatable bonds is 3. The minimum atomic E-state index is -4.41. The van der Waals surface area contributed by atoms with Gasteiger partial charge in [0.05, 0.1) is 17.0 Å². The lowest BCUT2D eigenvalue weighted by atomic mass is 10.1. The molecule has 26 heavy (non-hydrogen) atoms. The number of halogens is 3. The van der Waals surface area contributed by atoms with Crippen molar-refractivity contribution < 1.29 is 22.8 Å². The Bertz CT molecular complexity index is 871. The van der Waals surface area contributed by atoms with E-state index < -0.39 is 22.9 Å². The summed E-state index contributed by atoms with van der Waals surface area (Å²) in [7, 11) is 0. The predicted octanol–water partition coefficient (Wildman–Crippen LogP) is 5.25. The van der Waals surface area contributed by atoms with Crippen molar-refractivity contribution in [1.29, 1.82) is 0 Å². The summed E-state index contributed by atoms with van der Waals surface area (Å²) >= 11 is 0.785. The molecule has 0 atom stereocenters. The molecule has 0 radical (unpaired) electrons. The van der Waals surface area contributed by atoms with Crippen molar-refractivity contribution in [3.05, 3.63) is 75.7 Å². The molecule has 2 aromatic rings. The maximum Gasteiger partial charge on any atom is 0.416 e. The number of carbonyl (C=O) groups is 2. The Balaban J connectivity index is 1.77. The summed E-state index contributed by atoms with van der Waals surface area (Å²) in [6.07, 6.45) is -2.98. The molecule has 3 rings (SSSR count). The predicted molar refractivity (Wildman–Crippen MR) is 94.1 cm³/mol. The SMILES string of the molecule is Cc1ccc(CN2C(=O)S/C(=C\c3ccc(C(F)(F)F)cc3)C2=O)cc1. The van der Waals surface area contributed by atoms with Crippen LogP contribution in [0.1, 0.15) is 22.3 Å². The molecule has 134 valence electrons. The van der Waals surface area contributed by atoms with E-state index in [0.717, 1.165) is 39.9 Å². The van der Waals surface area contributed by atoms with Gasteiger partial charge in [-0.25, -0.2) is 0 Å². The van der Waals surface area contributed by atoms with E-state index in [2.05, 4.69) is 0 Å². The van der Waals surface area contributed by atoms with E-state index in [-0.39, 0.29) is 11.4 Å². The second-order valence-electron chi connectivity index (χ2n) is 5.87. The molecule has 1 fully saturated rings. The summed E-state index contributed by atoms with van der Waals surface area (Å²) in [5.74, 6) is -0.444. The van der Waals surface area contributed by atoms with Gasteiger partial charge in [0.2, 0.25) is 0 Å². The van der Waals surface area contributed by atoms with Gasteiger partial charge in [-0.15, -0.1) is 0 Å². The van der Waals surface area contributed by atoms with Gasteiger partial charge in [0.25, 0.3) is 11.1 Å². The van der Waals surface area contributed by atoms with E-state index in [1.165, 1.54) is 18.2 Å². The van der Waals surface area contributed by atoms with Crippen molar-refractivity contribution in [3.63, 3.8) is 0 Å². The third-order valence-corrected chi connectivity index (χ3v) is 4.78. The van der Waals surface area contributed by atoms with Crippen LogP contribution in [0.5, 0.6) is 0 Å². The molecule has 3 nitrogen and oxygen atoms in total. The Labute approximate surface area is 152 Å². The van der Waals surface area contributed by atoms with Crippen molar-refractivity contribution in [2.24, 2.45) is 0 Å². The zero-order chi connectivity index (χ0) is 18.9. The summed E-state index contributed by atoms with van der Waals surface area (Å²) < 4.78 is 37.8. The highest BCUT2D eigenvalue weighted by Crippen LogP contribution is 2.34. The van der Waals surface area contributed by atoms with E-state index in [4.69, 9.17) is 0 Å². The van der Waals surface area contributed by atoms with Crippen LogP contribution in [0.4, 0.5) is 18.0 Å². The van der Waals surface area contributed by atoms with Crippen molar-refractivity contribution in [3.8, 4) is 0 Å². The molecular weight excluding hydrogens is 363 g/mol. The standard InChI is InChI=1S/C19H14F3NO2S/c1-12-2-4-14(5-3-12)11-23-17(24)16(26-18(23)25)10-13-6-8-15(9-7-13)19(20,21)22/h2-10H,11H2,1H3/b16-10-. The second-order valence-corrected chi connectivity index (χ2v) is 6.87. The number of hydrogen-bond donors (Lipinski definition) is 0. The fourth-order valence-electron chi connectivity index (χ4n) is 2.43. The van der Waals surface area contributed by atoms with E-state index in [1.807, 2.05) is 31.2 Å². The van der Waals surface area contributed by atoms with E-state index in [1.54, 1.807) is 0 Å². The zero-order valence-corrected chi connectivity index (χ0v) is 14.5. The number of benzene rings is 2. The zero-order valence-electron chi connectivity index (χ0n) is 13.7. The van der Waals surface area contributed by atoms with Crippen LogP contribution in [0.25, 0.3) is 6.08 Å². The lowest BCUT2D eigenvalue weighted by molar-refractivity contribution is -0.137. The molecule has 0 unspecified atom stereocenters. The van der Waals surface area contributed by atoms with Crippen LogP contribution in [0.3, 0.4) is 0 Å². The van der Waals surface area contributed by atoms with Crippen molar-refractivity contribution in [1.82, 2.24) is 4.90 Å². The van der Waals surface area contributed by atoms with Gasteiger partial charge < -0.3 is 0 Å². The molecular formula is C19H14F3NO2S. The van der Waals surface area contributed by atoms with Gasteiger partial charge in [-0.3, -0.25) is 14.5 Å². The van der Waals surface area contributed by atoms with Crippen LogP contribution in [0.15, 0.2) is 53.4 Å². The maximum absolute atomic E-state index is 12.6. The average molecular weight is 377 g/mol. The number of thioether (sulfide) groups is 1. The lowest BCUT2D eigenvalue weighted by Gasteiger charge is -2.12. The first-order valence-electron chi connectivity index (χ1n) is 7.72. The van der Waals surface area contributed by atoms with Gasteiger partial charge in [0, 0.05) is 0 Å². The molecule has 0 bridgehead atoms. The van der Waals surface area contributed by atoms with Gasteiger partial charge in [-0.2, -0.15) is 13.2 Å². The van der Waals surface area contributed by atoms with E-state index in [9.17, 15) is 22.8 Å². The quantitative estimate of drug-likeness (QED) is 0.686. The second kappa shape index (κ2) is 6.99. The number of amides is 2. The molecule has 1 heterocycles. The monoisotopic (exact) mass is 377 g/mol. The molecule has 7 heteroatoms. The topological polar surface area (TPSA) is 37.4 Å². The highest BCUT2D eigenvalue weighted by atomic mass is 32.2. The molecule has 1 saturated heterocycles. The molecule has 0 spiro atoms. The van der Waals surface area contributed by atoms with Crippen molar-refractivity contribution >= 4 is 29.0 Å². The number of aryl methyl sites for hydroxylation is 1. The van der Waals surface area contributed by atoms with Crippen molar-refractivity contribution in [2.75, 3.05) is 0 Å². The van der Waals surface area contributed by atoms with Crippen LogP contribution < -0.4 is 0 Å². The third-order valence-electron chi connectivity index (χ3n) is 3.87. The molecule has 0 saturated carbocycles. The van der Waals surface area contributed by atoms with Crippen molar-refractivity contribution in [2.45, 2.75) is 19.6 Å². The fourth-order valence-corrected chi connectivity index (χ4v) is 3.27. The van der Waals surface area contributed by atoms with E-state index >= 15 is 0 Å². The summed E-state index contributed by atoms with van der Waals surface area (Å²) in [4.78, 5) is 25.9. The molecule has 2 aromatic carbocycles. The van der Waals surface area contributed by atoms with Gasteiger partial charge in [-0.05, 0) is 48.0 Å². The first-order chi connectivity index (χ1) is 12.2. The summed E-state index contributed by atoms with van der Waals surface area (Å²) in [5, 5.41) is -0.395. The fraction of sp³-hybridized carbons (Fsp3) is 0.158. The molecule has 0 aromatic heterocycles. The minimum Gasteiger partial charge on any atom is -0.268 e. The van der Waals surface area contributed by atoms with Gasteiger partial charge in [0.1, 0.15) is 0 Å². The first kappa shape index (κ1) is 18.3. The molecule has 2 amide bonds. The van der Waals surface area contributed by atoms with Gasteiger partial charge >= 0.3 is 6.18 Å². The number of hydrogen-bond acceptors (Lipinski definition) is 3. The van der Waals surface area contributed by atoms with Gasteiger partial charge in [-0.1, -0.05) is 42.0 Å². The van der Waals surface area contributed by atoms with Crippen LogP contribution in [0, 0.1) is 6.92 Å². The van der Waals surface area contributed by atoms with Crippen LogP contribution in [-0.2, 0) is 17.5 Å². The third kappa shape index (κ3) is 3.99. The molecule has 1 aliphatic heterocycles. The Hall–Kier alpha value is -2.54. The van der Waals surface area contributed by atoms with E-state index in [0.29, 0.717) is 5.56 Å². The highest BCUT2D eigenvalue weighted by molar-refractivity contribution is 8.18. The number of carbonyl (C=O) groups excluding carboxylic acids is 2. The normalized spacial score (nSPS) is 16.6. The Kier molecular flexibility index (Phi) is 4.91. The Morgan fingerprint density at radius 2 is 1.62 bits per heavy atom. The minimum absolute atomic E-state index is 0.162. The Morgan fingerprint density at radius 1 is 1.00 bits per heavy atom. The average Bonchev–Trinajstić information content (AvgIpc) is 2.84. The molecule has 0 N–H and O–H groups in total. The van der Waals surface area contributed by atoms with Crippen LogP contribution >= 0.6 is 11.8 Å². The number of nitrogens with zero attached hydrogens (tertiary/aromatic N) is 1. The first-order valence-corrected chi connectivity index (χ1v) is 8.54. The lowest BCUT2D eigenvalue weighted by Crippen LogP contribution is -2.27. The number of imide groups is 1. The summed E-state index contributed by atoms with van der Waals surface area (Å²) in [5.41, 5.74) is 1.57.